The van der Waals surface area contributed by atoms with Gasteiger partial charge in [0.05, 0.1) is 28.3 Å². The number of amides is 1. The summed E-state index contributed by atoms with van der Waals surface area (Å²) < 4.78 is 33.5. The zero-order chi connectivity index (χ0) is 23.8. The van der Waals surface area contributed by atoms with Gasteiger partial charge in [0.2, 0.25) is 0 Å². The number of methoxy groups -OCH3 is 1. The lowest BCUT2D eigenvalue weighted by Crippen LogP contribution is -2.35. The van der Waals surface area contributed by atoms with Crippen molar-refractivity contribution in [1.82, 2.24) is 0 Å². The number of anilines is 2. The highest BCUT2D eigenvalue weighted by molar-refractivity contribution is 7.92. The molecular formula is C23H21N3O6S. The van der Waals surface area contributed by atoms with Crippen molar-refractivity contribution in [2.75, 3.05) is 16.7 Å². The zero-order valence-corrected chi connectivity index (χ0v) is 18.7. The Bertz CT molecular complexity index is 1360. The lowest BCUT2D eigenvalue weighted by atomic mass is 10.1. The molecule has 1 aliphatic heterocycles. The van der Waals surface area contributed by atoms with E-state index in [1.54, 1.807) is 12.1 Å². The van der Waals surface area contributed by atoms with Crippen LogP contribution in [0.2, 0.25) is 0 Å². The SMILES string of the molecule is COc1ccc([N+](=O)[O-])cc1NC(=O)c1cccc(S(=O)(=O)N2c3ccccc3C[C@@H]2C)c1. The summed E-state index contributed by atoms with van der Waals surface area (Å²) in [5.74, 6) is -0.388. The van der Waals surface area contributed by atoms with Crippen molar-refractivity contribution >= 4 is 33.0 Å². The summed E-state index contributed by atoms with van der Waals surface area (Å²) in [5, 5.41) is 13.7. The Labute approximate surface area is 190 Å². The molecule has 0 unspecified atom stereocenters. The van der Waals surface area contributed by atoms with E-state index in [9.17, 15) is 23.3 Å². The number of para-hydroxylation sites is 1. The van der Waals surface area contributed by atoms with E-state index < -0.39 is 20.9 Å². The number of nitrogens with one attached hydrogen (secondary N) is 1. The van der Waals surface area contributed by atoms with Gasteiger partial charge in [0.15, 0.2) is 0 Å². The molecule has 0 spiro atoms. The molecule has 9 nitrogen and oxygen atoms in total. The maximum absolute atomic E-state index is 13.5. The van der Waals surface area contributed by atoms with E-state index in [2.05, 4.69) is 5.32 Å². The van der Waals surface area contributed by atoms with Gasteiger partial charge >= 0.3 is 0 Å². The number of benzene rings is 3. The van der Waals surface area contributed by atoms with E-state index in [4.69, 9.17) is 4.74 Å². The second-order valence-corrected chi connectivity index (χ2v) is 9.42. The van der Waals surface area contributed by atoms with E-state index in [0.717, 1.165) is 5.56 Å². The van der Waals surface area contributed by atoms with Gasteiger partial charge in [-0.2, -0.15) is 0 Å². The molecule has 0 bridgehead atoms. The standard InChI is InChI=1S/C23H21N3O6S/c1-15-12-16-6-3-4-9-21(16)25(15)33(30,31)19-8-5-7-17(13-19)23(27)24-20-14-18(26(28)29)10-11-22(20)32-2/h3-11,13-15H,12H2,1-2H3,(H,24,27)/t15-/m0/s1. The van der Waals surface area contributed by atoms with Gasteiger partial charge in [0.25, 0.3) is 21.6 Å². The molecule has 3 aromatic rings. The fourth-order valence-corrected chi connectivity index (χ4v) is 5.66. The van der Waals surface area contributed by atoms with Gasteiger partial charge in [-0.1, -0.05) is 24.3 Å². The normalized spacial score (nSPS) is 15.1. The van der Waals surface area contributed by atoms with Gasteiger partial charge in [-0.15, -0.1) is 0 Å². The number of carbonyl (C=O) groups is 1. The van der Waals surface area contributed by atoms with Crippen LogP contribution in [0.4, 0.5) is 17.1 Å². The van der Waals surface area contributed by atoms with Crippen molar-refractivity contribution < 1.29 is 22.9 Å². The molecule has 1 amide bonds. The predicted octanol–water partition coefficient (Wildman–Crippen LogP) is 4.00. The second-order valence-electron chi connectivity index (χ2n) is 7.61. The molecule has 0 fully saturated rings. The Morgan fingerprint density at radius 1 is 1.12 bits per heavy atom. The van der Waals surface area contributed by atoms with Crippen LogP contribution in [-0.2, 0) is 16.4 Å². The molecule has 4 rings (SSSR count). The van der Waals surface area contributed by atoms with Crippen LogP contribution < -0.4 is 14.4 Å². The monoisotopic (exact) mass is 467 g/mol. The van der Waals surface area contributed by atoms with Crippen LogP contribution >= 0.6 is 0 Å². The Morgan fingerprint density at radius 3 is 2.61 bits per heavy atom. The summed E-state index contributed by atoms with van der Waals surface area (Å²) in [6, 6.07) is 16.6. The van der Waals surface area contributed by atoms with Crippen molar-refractivity contribution in [2.24, 2.45) is 0 Å². The second kappa shape index (κ2) is 8.55. The summed E-state index contributed by atoms with van der Waals surface area (Å²) in [4.78, 5) is 23.4. The van der Waals surface area contributed by atoms with Crippen LogP contribution in [0.1, 0.15) is 22.8 Å². The van der Waals surface area contributed by atoms with Crippen LogP contribution in [-0.4, -0.2) is 32.4 Å². The van der Waals surface area contributed by atoms with Crippen LogP contribution in [0.25, 0.3) is 0 Å². The number of ether oxygens (including phenoxy) is 1. The Hall–Kier alpha value is -3.92. The van der Waals surface area contributed by atoms with Gasteiger partial charge < -0.3 is 10.1 Å². The molecule has 1 heterocycles. The van der Waals surface area contributed by atoms with Gasteiger partial charge in [-0.25, -0.2) is 8.42 Å². The lowest BCUT2D eigenvalue weighted by Gasteiger charge is -2.24. The lowest BCUT2D eigenvalue weighted by molar-refractivity contribution is -0.384. The Morgan fingerprint density at radius 2 is 1.88 bits per heavy atom. The third-order valence-electron chi connectivity index (χ3n) is 5.44. The van der Waals surface area contributed by atoms with Crippen LogP contribution in [0.3, 0.4) is 0 Å². The van der Waals surface area contributed by atoms with Crippen LogP contribution in [0, 0.1) is 10.1 Å². The van der Waals surface area contributed by atoms with Crippen molar-refractivity contribution in [1.29, 1.82) is 0 Å². The minimum absolute atomic E-state index is 0.0234. The topological polar surface area (TPSA) is 119 Å². The van der Waals surface area contributed by atoms with E-state index in [1.165, 1.54) is 53.9 Å². The molecule has 33 heavy (non-hydrogen) atoms. The molecule has 0 saturated heterocycles. The van der Waals surface area contributed by atoms with Gasteiger partial charge in [0.1, 0.15) is 5.75 Å². The molecule has 1 N–H and O–H groups in total. The maximum Gasteiger partial charge on any atom is 0.271 e. The number of nitrogens with zero attached hydrogens (tertiary/aromatic N) is 2. The molecule has 0 saturated carbocycles. The number of hydrogen-bond acceptors (Lipinski definition) is 6. The first kappa shape index (κ1) is 22.3. The van der Waals surface area contributed by atoms with Crippen molar-refractivity contribution in [3.63, 3.8) is 0 Å². The number of hydrogen-bond donors (Lipinski definition) is 1. The molecule has 0 aromatic heterocycles. The smallest absolute Gasteiger partial charge is 0.271 e. The van der Waals surface area contributed by atoms with E-state index in [1.807, 2.05) is 19.1 Å². The molecule has 0 radical (unpaired) electrons. The van der Waals surface area contributed by atoms with Gasteiger partial charge in [0, 0.05) is 23.7 Å². The molecule has 0 aliphatic carbocycles. The van der Waals surface area contributed by atoms with Crippen molar-refractivity contribution in [3.8, 4) is 5.75 Å². The Kier molecular flexibility index (Phi) is 5.77. The summed E-state index contributed by atoms with van der Waals surface area (Å²) in [6.45, 7) is 1.84. The molecule has 1 atom stereocenters. The zero-order valence-electron chi connectivity index (χ0n) is 17.9. The number of non-ortho nitro benzene ring substituents is 1. The van der Waals surface area contributed by atoms with E-state index in [-0.39, 0.29) is 33.6 Å². The highest BCUT2D eigenvalue weighted by Crippen LogP contribution is 2.36. The number of nitro groups is 1. The fourth-order valence-electron chi connectivity index (χ4n) is 3.92. The summed E-state index contributed by atoms with van der Waals surface area (Å²) >= 11 is 0. The molecular weight excluding hydrogens is 446 g/mol. The minimum atomic E-state index is -3.92. The number of nitro benzene ring substituents is 1. The number of fused-ring (bicyclic) bond motifs is 1. The molecule has 1 aliphatic rings. The first-order valence-corrected chi connectivity index (χ1v) is 11.5. The molecule has 170 valence electrons. The predicted molar refractivity (Wildman–Crippen MR) is 123 cm³/mol. The number of rotatable bonds is 6. The highest BCUT2D eigenvalue weighted by Gasteiger charge is 2.36. The van der Waals surface area contributed by atoms with E-state index >= 15 is 0 Å². The molecule has 3 aromatic carbocycles. The largest absolute Gasteiger partial charge is 0.495 e. The first-order chi connectivity index (χ1) is 15.7. The third-order valence-corrected chi connectivity index (χ3v) is 7.36. The molecule has 10 heteroatoms. The summed E-state index contributed by atoms with van der Waals surface area (Å²) in [6.07, 6.45) is 0.599. The number of carbonyl (C=O) groups excluding carboxylic acids is 1. The third kappa shape index (κ3) is 4.12. The fraction of sp³-hybridized carbons (Fsp3) is 0.174. The van der Waals surface area contributed by atoms with Crippen LogP contribution in [0.5, 0.6) is 5.75 Å². The summed E-state index contributed by atoms with van der Waals surface area (Å²) in [5.41, 5.74) is 1.54. The van der Waals surface area contributed by atoms with Gasteiger partial charge in [-0.05, 0) is 49.2 Å². The van der Waals surface area contributed by atoms with Crippen molar-refractivity contribution in [2.45, 2.75) is 24.3 Å². The maximum atomic E-state index is 13.5. The summed E-state index contributed by atoms with van der Waals surface area (Å²) in [7, 11) is -2.55. The minimum Gasteiger partial charge on any atom is -0.495 e. The average Bonchev–Trinajstić information content (AvgIpc) is 3.15. The van der Waals surface area contributed by atoms with E-state index in [0.29, 0.717) is 12.1 Å². The average molecular weight is 468 g/mol. The van der Waals surface area contributed by atoms with Gasteiger partial charge in [-0.3, -0.25) is 19.2 Å². The Balaban J connectivity index is 1.66. The number of sulfonamides is 1. The first-order valence-electron chi connectivity index (χ1n) is 10.1. The highest BCUT2D eigenvalue weighted by atomic mass is 32.2. The van der Waals surface area contributed by atoms with Crippen LogP contribution in [0.15, 0.2) is 71.6 Å². The van der Waals surface area contributed by atoms with Crippen molar-refractivity contribution in [3.05, 3.63) is 88.0 Å². The quantitative estimate of drug-likeness (QED) is 0.432.